The van der Waals surface area contributed by atoms with Gasteiger partial charge in [0.05, 0.1) is 6.04 Å². The molecule has 2 heterocycles. The summed E-state index contributed by atoms with van der Waals surface area (Å²) in [5, 5.41) is 0. The maximum atomic E-state index is 12.2. The standard InChI is InChI=1S/C14H23N3O/c1-10(15)4-7-14(18)17-9-8-16-11(2)5-6-13(16)12(17)3/h5-6,10,12H,4,7-9,15H2,1-3H3. The summed E-state index contributed by atoms with van der Waals surface area (Å²) in [5.74, 6) is 0.227. The molecule has 0 radical (unpaired) electrons. The minimum absolute atomic E-state index is 0.0974. The Bertz CT molecular complexity index is 436. The van der Waals surface area contributed by atoms with E-state index in [2.05, 4.69) is 30.5 Å². The Morgan fingerprint density at radius 3 is 2.89 bits per heavy atom. The van der Waals surface area contributed by atoms with Gasteiger partial charge in [-0.25, -0.2) is 0 Å². The van der Waals surface area contributed by atoms with Crippen LogP contribution in [-0.2, 0) is 11.3 Å². The van der Waals surface area contributed by atoms with Gasteiger partial charge in [-0.1, -0.05) is 0 Å². The molecule has 4 heteroatoms. The summed E-state index contributed by atoms with van der Waals surface area (Å²) in [6.07, 6.45) is 1.32. The lowest BCUT2D eigenvalue weighted by Crippen LogP contribution is -2.41. The molecule has 18 heavy (non-hydrogen) atoms. The number of hydrogen-bond donors (Lipinski definition) is 1. The van der Waals surface area contributed by atoms with Crippen molar-refractivity contribution in [2.24, 2.45) is 5.73 Å². The fraction of sp³-hybridized carbons (Fsp3) is 0.643. The van der Waals surface area contributed by atoms with Gasteiger partial charge in [0.25, 0.3) is 0 Å². The second kappa shape index (κ2) is 5.14. The van der Waals surface area contributed by atoms with Crippen LogP contribution < -0.4 is 5.73 Å². The molecule has 0 aromatic carbocycles. The maximum absolute atomic E-state index is 12.2. The molecule has 2 unspecified atom stereocenters. The predicted molar refractivity (Wildman–Crippen MR) is 72.2 cm³/mol. The van der Waals surface area contributed by atoms with Crippen molar-refractivity contribution in [2.45, 2.75) is 52.2 Å². The third-order valence-corrected chi connectivity index (χ3v) is 3.83. The lowest BCUT2D eigenvalue weighted by Gasteiger charge is -2.35. The highest BCUT2D eigenvalue weighted by Gasteiger charge is 2.27. The minimum Gasteiger partial charge on any atom is -0.345 e. The summed E-state index contributed by atoms with van der Waals surface area (Å²) in [4.78, 5) is 14.2. The summed E-state index contributed by atoms with van der Waals surface area (Å²) in [6.45, 7) is 7.88. The smallest absolute Gasteiger partial charge is 0.223 e. The first-order valence-corrected chi connectivity index (χ1v) is 6.71. The molecule has 0 saturated heterocycles. The van der Waals surface area contributed by atoms with Gasteiger partial charge in [0.2, 0.25) is 5.91 Å². The molecule has 2 rings (SSSR count). The molecule has 0 aliphatic carbocycles. The number of aromatic nitrogens is 1. The molecule has 1 aliphatic heterocycles. The van der Waals surface area contributed by atoms with E-state index in [9.17, 15) is 4.79 Å². The normalized spacial score (nSPS) is 20.7. The molecular weight excluding hydrogens is 226 g/mol. The Morgan fingerprint density at radius 1 is 1.50 bits per heavy atom. The number of carbonyl (C=O) groups excluding carboxylic acids is 1. The van der Waals surface area contributed by atoms with Gasteiger partial charge in [-0.15, -0.1) is 0 Å². The SMILES string of the molecule is Cc1ccc2n1CCN(C(=O)CCC(C)N)C2C. The average Bonchev–Trinajstić information content (AvgIpc) is 2.69. The predicted octanol–water partition coefficient (Wildman–Crippen LogP) is 1.83. The third kappa shape index (κ3) is 2.43. The van der Waals surface area contributed by atoms with Gasteiger partial charge in [0.15, 0.2) is 0 Å². The molecule has 1 amide bonds. The van der Waals surface area contributed by atoms with Crippen LogP contribution in [0.15, 0.2) is 12.1 Å². The first-order chi connectivity index (χ1) is 8.50. The van der Waals surface area contributed by atoms with Crippen molar-refractivity contribution in [2.75, 3.05) is 6.54 Å². The van der Waals surface area contributed by atoms with E-state index in [0.29, 0.717) is 6.42 Å². The van der Waals surface area contributed by atoms with Crippen LogP contribution in [-0.4, -0.2) is 28.0 Å². The van der Waals surface area contributed by atoms with Crippen LogP contribution in [0.1, 0.15) is 44.1 Å². The molecule has 0 spiro atoms. The van der Waals surface area contributed by atoms with Crippen molar-refractivity contribution in [3.8, 4) is 0 Å². The van der Waals surface area contributed by atoms with E-state index >= 15 is 0 Å². The second-order valence-corrected chi connectivity index (χ2v) is 5.33. The fourth-order valence-electron chi connectivity index (χ4n) is 2.66. The van der Waals surface area contributed by atoms with Crippen molar-refractivity contribution in [1.82, 2.24) is 9.47 Å². The van der Waals surface area contributed by atoms with E-state index in [1.807, 2.05) is 11.8 Å². The maximum Gasteiger partial charge on any atom is 0.223 e. The van der Waals surface area contributed by atoms with Crippen molar-refractivity contribution in [3.63, 3.8) is 0 Å². The quantitative estimate of drug-likeness (QED) is 0.888. The summed E-state index contributed by atoms with van der Waals surface area (Å²) >= 11 is 0. The van der Waals surface area contributed by atoms with Gasteiger partial charge in [0.1, 0.15) is 0 Å². The van der Waals surface area contributed by atoms with Gasteiger partial charge < -0.3 is 15.2 Å². The highest BCUT2D eigenvalue weighted by molar-refractivity contribution is 5.76. The highest BCUT2D eigenvalue weighted by atomic mass is 16.2. The average molecular weight is 249 g/mol. The van der Waals surface area contributed by atoms with Crippen LogP contribution in [0.3, 0.4) is 0 Å². The number of hydrogen-bond acceptors (Lipinski definition) is 2. The number of amides is 1. The number of rotatable bonds is 3. The molecule has 100 valence electrons. The molecule has 4 nitrogen and oxygen atoms in total. The third-order valence-electron chi connectivity index (χ3n) is 3.83. The van der Waals surface area contributed by atoms with E-state index in [4.69, 9.17) is 5.73 Å². The Balaban J connectivity index is 2.07. The van der Waals surface area contributed by atoms with Crippen molar-refractivity contribution in [3.05, 3.63) is 23.5 Å². The van der Waals surface area contributed by atoms with Crippen LogP contribution in [0.4, 0.5) is 0 Å². The lowest BCUT2D eigenvalue weighted by molar-refractivity contribution is -0.134. The Kier molecular flexibility index (Phi) is 3.76. The van der Waals surface area contributed by atoms with E-state index in [1.165, 1.54) is 11.4 Å². The van der Waals surface area contributed by atoms with E-state index in [-0.39, 0.29) is 18.0 Å². The number of fused-ring (bicyclic) bond motifs is 1. The first kappa shape index (κ1) is 13.1. The summed E-state index contributed by atoms with van der Waals surface area (Å²) in [5.41, 5.74) is 8.23. The Morgan fingerprint density at radius 2 is 2.22 bits per heavy atom. The second-order valence-electron chi connectivity index (χ2n) is 5.33. The topological polar surface area (TPSA) is 51.3 Å². The number of aryl methyl sites for hydroxylation is 1. The summed E-state index contributed by atoms with van der Waals surface area (Å²) in [6, 6.07) is 4.53. The zero-order valence-corrected chi connectivity index (χ0v) is 11.5. The summed E-state index contributed by atoms with van der Waals surface area (Å²) < 4.78 is 2.31. The molecular formula is C14H23N3O. The van der Waals surface area contributed by atoms with Crippen molar-refractivity contribution < 1.29 is 4.79 Å². The van der Waals surface area contributed by atoms with Crippen molar-refractivity contribution in [1.29, 1.82) is 0 Å². The van der Waals surface area contributed by atoms with E-state index in [0.717, 1.165) is 19.5 Å². The van der Waals surface area contributed by atoms with Crippen LogP contribution in [0.5, 0.6) is 0 Å². The van der Waals surface area contributed by atoms with Gasteiger partial charge >= 0.3 is 0 Å². The lowest BCUT2D eigenvalue weighted by atomic mass is 10.1. The molecule has 0 bridgehead atoms. The van der Waals surface area contributed by atoms with Gasteiger partial charge in [-0.3, -0.25) is 4.79 Å². The van der Waals surface area contributed by atoms with E-state index < -0.39 is 0 Å². The zero-order chi connectivity index (χ0) is 13.3. The Labute approximate surface area is 109 Å². The largest absolute Gasteiger partial charge is 0.345 e. The molecule has 1 aliphatic rings. The summed E-state index contributed by atoms with van der Waals surface area (Å²) in [7, 11) is 0. The van der Waals surface area contributed by atoms with Gasteiger partial charge in [-0.2, -0.15) is 0 Å². The van der Waals surface area contributed by atoms with Crippen LogP contribution in [0.2, 0.25) is 0 Å². The molecule has 0 saturated carbocycles. The van der Waals surface area contributed by atoms with Crippen molar-refractivity contribution >= 4 is 5.91 Å². The fourth-order valence-corrected chi connectivity index (χ4v) is 2.66. The molecule has 1 aromatic rings. The van der Waals surface area contributed by atoms with Gasteiger partial charge in [-0.05, 0) is 39.3 Å². The number of nitrogens with zero attached hydrogens (tertiary/aromatic N) is 2. The first-order valence-electron chi connectivity index (χ1n) is 6.71. The number of carbonyl (C=O) groups is 1. The minimum atomic E-state index is 0.0974. The van der Waals surface area contributed by atoms with Crippen LogP contribution in [0, 0.1) is 6.92 Å². The monoisotopic (exact) mass is 249 g/mol. The molecule has 0 fully saturated rings. The van der Waals surface area contributed by atoms with Crippen LogP contribution in [0.25, 0.3) is 0 Å². The molecule has 2 atom stereocenters. The Hall–Kier alpha value is -1.29. The zero-order valence-electron chi connectivity index (χ0n) is 11.5. The van der Waals surface area contributed by atoms with Crippen LogP contribution >= 0.6 is 0 Å². The molecule has 1 aromatic heterocycles. The van der Waals surface area contributed by atoms with E-state index in [1.54, 1.807) is 0 Å². The number of nitrogens with two attached hydrogens (primary N) is 1. The molecule has 2 N–H and O–H groups in total. The van der Waals surface area contributed by atoms with Gasteiger partial charge in [0, 0.05) is 36.9 Å². The highest BCUT2D eigenvalue weighted by Crippen LogP contribution is 2.27.